The summed E-state index contributed by atoms with van der Waals surface area (Å²) in [6, 6.07) is 10.7. The first kappa shape index (κ1) is 12.4. The van der Waals surface area contributed by atoms with Gasteiger partial charge in [0.2, 0.25) is 0 Å². The lowest BCUT2D eigenvalue weighted by Gasteiger charge is -2.28. The number of aliphatic hydroxyl groups is 1. The molecular formula is C14H22N2O. The van der Waals surface area contributed by atoms with Crippen LogP contribution in [-0.4, -0.2) is 49.3 Å². The van der Waals surface area contributed by atoms with Crippen LogP contribution in [0.15, 0.2) is 30.3 Å². The van der Waals surface area contributed by atoms with Crippen molar-refractivity contribution >= 4 is 5.69 Å². The Labute approximate surface area is 104 Å². The number of hydrogen-bond donors (Lipinski definition) is 1. The quantitative estimate of drug-likeness (QED) is 0.838. The SMILES string of the molecule is CC1CN(c2ccccc2)CC(CO)N(C)C1. The van der Waals surface area contributed by atoms with Gasteiger partial charge >= 0.3 is 0 Å². The van der Waals surface area contributed by atoms with E-state index in [2.05, 4.69) is 48.0 Å². The minimum atomic E-state index is 0.229. The molecule has 0 bridgehead atoms. The van der Waals surface area contributed by atoms with E-state index in [1.165, 1.54) is 5.69 Å². The maximum absolute atomic E-state index is 9.47. The van der Waals surface area contributed by atoms with Gasteiger partial charge in [-0.25, -0.2) is 0 Å². The molecule has 1 aliphatic heterocycles. The summed E-state index contributed by atoms with van der Waals surface area (Å²) in [5, 5.41) is 9.47. The average Bonchev–Trinajstić information content (AvgIpc) is 2.48. The Morgan fingerprint density at radius 1 is 1.18 bits per heavy atom. The lowest BCUT2D eigenvalue weighted by Crippen LogP contribution is -2.41. The third-order valence-electron chi connectivity index (χ3n) is 3.52. The van der Waals surface area contributed by atoms with Gasteiger partial charge in [-0.2, -0.15) is 0 Å². The van der Waals surface area contributed by atoms with Crippen molar-refractivity contribution in [1.29, 1.82) is 0 Å². The molecular weight excluding hydrogens is 212 g/mol. The summed E-state index contributed by atoms with van der Waals surface area (Å²) in [6.07, 6.45) is 0. The molecule has 0 amide bonds. The Bertz CT molecular complexity index is 341. The van der Waals surface area contributed by atoms with Gasteiger partial charge in [0.15, 0.2) is 0 Å². The van der Waals surface area contributed by atoms with Crippen LogP contribution in [0.3, 0.4) is 0 Å². The summed E-state index contributed by atoms with van der Waals surface area (Å²) in [5.74, 6) is 0.622. The van der Waals surface area contributed by atoms with Crippen molar-refractivity contribution in [3.8, 4) is 0 Å². The molecule has 17 heavy (non-hydrogen) atoms. The highest BCUT2D eigenvalue weighted by atomic mass is 16.3. The Hall–Kier alpha value is -1.06. The number of nitrogens with zero attached hydrogens (tertiary/aromatic N) is 2. The highest BCUT2D eigenvalue weighted by Crippen LogP contribution is 2.20. The molecule has 0 spiro atoms. The van der Waals surface area contributed by atoms with Crippen LogP contribution in [-0.2, 0) is 0 Å². The monoisotopic (exact) mass is 234 g/mol. The fraction of sp³-hybridized carbons (Fsp3) is 0.571. The smallest absolute Gasteiger partial charge is 0.0604 e. The van der Waals surface area contributed by atoms with Crippen LogP contribution in [0, 0.1) is 5.92 Å². The zero-order valence-electron chi connectivity index (χ0n) is 10.7. The lowest BCUT2D eigenvalue weighted by molar-refractivity contribution is 0.151. The van der Waals surface area contributed by atoms with Crippen molar-refractivity contribution < 1.29 is 5.11 Å². The molecule has 2 unspecified atom stereocenters. The van der Waals surface area contributed by atoms with E-state index in [-0.39, 0.29) is 12.6 Å². The molecule has 1 aromatic rings. The number of aliphatic hydroxyl groups excluding tert-OH is 1. The standard InChI is InChI=1S/C14H22N2O/c1-12-8-15(2)14(11-17)10-16(9-12)13-6-4-3-5-7-13/h3-7,12,14,17H,8-11H2,1-2H3. The third kappa shape index (κ3) is 2.99. The summed E-state index contributed by atoms with van der Waals surface area (Å²) in [4.78, 5) is 4.66. The van der Waals surface area contributed by atoms with E-state index >= 15 is 0 Å². The molecule has 1 N–H and O–H groups in total. The van der Waals surface area contributed by atoms with E-state index in [0.29, 0.717) is 5.92 Å². The molecule has 1 aromatic carbocycles. The van der Waals surface area contributed by atoms with Crippen molar-refractivity contribution in [2.24, 2.45) is 5.92 Å². The van der Waals surface area contributed by atoms with Gasteiger partial charge in [0, 0.05) is 31.4 Å². The van der Waals surface area contributed by atoms with E-state index in [4.69, 9.17) is 0 Å². The molecule has 94 valence electrons. The zero-order valence-corrected chi connectivity index (χ0v) is 10.7. The minimum absolute atomic E-state index is 0.229. The number of benzene rings is 1. The Morgan fingerprint density at radius 3 is 2.53 bits per heavy atom. The Balaban J connectivity index is 2.16. The lowest BCUT2D eigenvalue weighted by atomic mass is 10.1. The van der Waals surface area contributed by atoms with Crippen LogP contribution in [0.5, 0.6) is 0 Å². The minimum Gasteiger partial charge on any atom is -0.395 e. The van der Waals surface area contributed by atoms with Crippen molar-refractivity contribution in [1.82, 2.24) is 4.90 Å². The molecule has 1 heterocycles. The summed E-state index contributed by atoms with van der Waals surface area (Å²) in [6.45, 7) is 5.51. The second-order valence-electron chi connectivity index (χ2n) is 5.12. The molecule has 3 nitrogen and oxygen atoms in total. The van der Waals surface area contributed by atoms with E-state index in [0.717, 1.165) is 19.6 Å². The molecule has 0 aliphatic carbocycles. The first-order valence-electron chi connectivity index (χ1n) is 6.31. The predicted molar refractivity (Wildman–Crippen MR) is 71.3 cm³/mol. The van der Waals surface area contributed by atoms with Crippen LogP contribution in [0.25, 0.3) is 0 Å². The van der Waals surface area contributed by atoms with E-state index < -0.39 is 0 Å². The van der Waals surface area contributed by atoms with Gasteiger partial charge < -0.3 is 10.0 Å². The second-order valence-corrected chi connectivity index (χ2v) is 5.12. The third-order valence-corrected chi connectivity index (χ3v) is 3.52. The van der Waals surface area contributed by atoms with Gasteiger partial charge in [-0.15, -0.1) is 0 Å². The Morgan fingerprint density at radius 2 is 1.88 bits per heavy atom. The van der Waals surface area contributed by atoms with Gasteiger partial charge in [0.1, 0.15) is 0 Å². The van der Waals surface area contributed by atoms with Crippen LogP contribution < -0.4 is 4.90 Å². The molecule has 0 saturated carbocycles. The topological polar surface area (TPSA) is 26.7 Å². The highest BCUT2D eigenvalue weighted by Gasteiger charge is 2.25. The number of anilines is 1. The number of para-hydroxylation sites is 1. The van der Waals surface area contributed by atoms with Crippen molar-refractivity contribution in [2.45, 2.75) is 13.0 Å². The summed E-state index contributed by atoms with van der Waals surface area (Å²) in [7, 11) is 2.10. The summed E-state index contributed by atoms with van der Waals surface area (Å²) < 4.78 is 0. The molecule has 1 aliphatic rings. The molecule has 0 radical (unpaired) electrons. The second kappa shape index (κ2) is 5.52. The summed E-state index contributed by atoms with van der Waals surface area (Å²) in [5.41, 5.74) is 1.26. The van der Waals surface area contributed by atoms with Crippen molar-refractivity contribution in [3.05, 3.63) is 30.3 Å². The number of likely N-dealkylation sites (N-methyl/N-ethyl adjacent to an activating group) is 1. The van der Waals surface area contributed by atoms with Crippen molar-refractivity contribution in [3.63, 3.8) is 0 Å². The van der Waals surface area contributed by atoms with Gasteiger partial charge in [0.25, 0.3) is 0 Å². The van der Waals surface area contributed by atoms with Crippen LogP contribution in [0.1, 0.15) is 6.92 Å². The maximum atomic E-state index is 9.47. The van der Waals surface area contributed by atoms with Gasteiger partial charge in [-0.05, 0) is 25.1 Å². The molecule has 0 aromatic heterocycles. The highest BCUT2D eigenvalue weighted by molar-refractivity contribution is 5.46. The summed E-state index contributed by atoms with van der Waals surface area (Å²) >= 11 is 0. The average molecular weight is 234 g/mol. The van der Waals surface area contributed by atoms with Crippen LogP contribution in [0.4, 0.5) is 5.69 Å². The maximum Gasteiger partial charge on any atom is 0.0604 e. The van der Waals surface area contributed by atoms with E-state index in [1.54, 1.807) is 0 Å². The largest absolute Gasteiger partial charge is 0.395 e. The van der Waals surface area contributed by atoms with E-state index in [1.807, 2.05) is 6.07 Å². The fourth-order valence-corrected chi connectivity index (χ4v) is 2.59. The first-order chi connectivity index (χ1) is 8.20. The molecule has 3 heteroatoms. The predicted octanol–water partition coefficient (Wildman–Crippen LogP) is 1.44. The van der Waals surface area contributed by atoms with Gasteiger partial charge in [-0.1, -0.05) is 25.1 Å². The van der Waals surface area contributed by atoms with E-state index in [9.17, 15) is 5.11 Å². The van der Waals surface area contributed by atoms with Crippen LogP contribution in [0.2, 0.25) is 0 Å². The molecule has 2 rings (SSSR count). The normalized spacial score (nSPS) is 26.9. The zero-order chi connectivity index (χ0) is 12.3. The van der Waals surface area contributed by atoms with Gasteiger partial charge in [0.05, 0.1) is 6.61 Å². The van der Waals surface area contributed by atoms with Gasteiger partial charge in [-0.3, -0.25) is 4.90 Å². The van der Waals surface area contributed by atoms with Crippen LogP contribution >= 0.6 is 0 Å². The first-order valence-corrected chi connectivity index (χ1v) is 6.31. The Kier molecular flexibility index (Phi) is 4.02. The molecule has 1 fully saturated rings. The number of hydrogen-bond acceptors (Lipinski definition) is 3. The molecule has 1 saturated heterocycles. The number of rotatable bonds is 2. The molecule has 2 atom stereocenters. The van der Waals surface area contributed by atoms with Crippen molar-refractivity contribution in [2.75, 3.05) is 38.2 Å². The fourth-order valence-electron chi connectivity index (χ4n) is 2.59.